The zero-order valence-electron chi connectivity index (χ0n) is 11.6. The topological polar surface area (TPSA) is 66.4 Å². The van der Waals surface area contributed by atoms with Crippen LogP contribution in [-0.4, -0.2) is 27.5 Å². The molecule has 4 nitrogen and oxygen atoms in total. The van der Waals surface area contributed by atoms with Crippen LogP contribution in [0.5, 0.6) is 0 Å². The second-order valence-electron chi connectivity index (χ2n) is 5.04. The second-order valence-corrected chi connectivity index (χ2v) is 6.64. The maximum atomic E-state index is 13.6. The highest BCUT2D eigenvalue weighted by molar-refractivity contribution is 8.01. The van der Waals surface area contributed by atoms with Crippen LogP contribution in [0.15, 0.2) is 24.3 Å². The summed E-state index contributed by atoms with van der Waals surface area (Å²) in [4.78, 5) is 22.7. The van der Waals surface area contributed by atoms with Crippen molar-refractivity contribution in [1.82, 2.24) is 0 Å². The van der Waals surface area contributed by atoms with E-state index in [9.17, 15) is 14.0 Å². The van der Waals surface area contributed by atoms with Crippen LogP contribution < -0.4 is 5.32 Å². The third kappa shape index (κ3) is 3.85. The van der Waals surface area contributed by atoms with Gasteiger partial charge in [-0.3, -0.25) is 4.79 Å². The summed E-state index contributed by atoms with van der Waals surface area (Å²) in [6, 6.07) is 4.10. The molecule has 2 rings (SSSR count). The van der Waals surface area contributed by atoms with Gasteiger partial charge in [0.1, 0.15) is 5.82 Å². The molecule has 0 bridgehead atoms. The molecule has 1 fully saturated rings. The summed E-state index contributed by atoms with van der Waals surface area (Å²) in [6.45, 7) is 1.90. The third-order valence-corrected chi connectivity index (χ3v) is 4.88. The van der Waals surface area contributed by atoms with Crippen LogP contribution in [0, 0.1) is 5.82 Å². The van der Waals surface area contributed by atoms with Crippen LogP contribution in [0.2, 0.25) is 0 Å². The predicted molar refractivity (Wildman–Crippen MR) is 81.8 cm³/mol. The Hall–Kier alpha value is -1.82. The first-order valence-corrected chi connectivity index (χ1v) is 7.55. The summed E-state index contributed by atoms with van der Waals surface area (Å²) < 4.78 is 13.1. The number of anilines is 1. The van der Waals surface area contributed by atoms with Crippen LogP contribution in [0.1, 0.15) is 25.3 Å². The Morgan fingerprint density at radius 1 is 1.48 bits per heavy atom. The Labute approximate surface area is 126 Å². The highest BCUT2D eigenvalue weighted by Crippen LogP contribution is 2.38. The number of halogens is 1. The Kier molecular flexibility index (Phi) is 4.67. The van der Waals surface area contributed by atoms with E-state index in [-0.39, 0.29) is 11.5 Å². The van der Waals surface area contributed by atoms with Gasteiger partial charge in [0.05, 0.1) is 4.75 Å². The molecule has 0 radical (unpaired) electrons. The maximum absolute atomic E-state index is 13.6. The lowest BCUT2D eigenvalue weighted by Crippen LogP contribution is -2.34. The number of carboxylic acids is 1. The largest absolute Gasteiger partial charge is 0.478 e. The number of thioether (sulfide) groups is 1. The summed E-state index contributed by atoms with van der Waals surface area (Å²) in [7, 11) is 0. The lowest BCUT2D eigenvalue weighted by atomic mass is 10.0. The van der Waals surface area contributed by atoms with Crippen molar-refractivity contribution >= 4 is 35.4 Å². The SMILES string of the molecule is CC1(C(=O)Nc2ccc(F)c(/C=C/C(=O)O)c2)CCCS1. The minimum Gasteiger partial charge on any atom is -0.478 e. The summed E-state index contributed by atoms with van der Waals surface area (Å²) in [5.41, 5.74) is 0.583. The van der Waals surface area contributed by atoms with Crippen LogP contribution in [-0.2, 0) is 9.59 Å². The van der Waals surface area contributed by atoms with Gasteiger partial charge in [0, 0.05) is 17.3 Å². The van der Waals surface area contributed by atoms with Gasteiger partial charge in [0.25, 0.3) is 0 Å². The van der Waals surface area contributed by atoms with E-state index in [1.165, 1.54) is 24.3 Å². The quantitative estimate of drug-likeness (QED) is 0.839. The van der Waals surface area contributed by atoms with Crippen molar-refractivity contribution in [3.05, 3.63) is 35.7 Å². The molecule has 1 aromatic carbocycles. The number of amides is 1. The van der Waals surface area contributed by atoms with Gasteiger partial charge >= 0.3 is 5.97 Å². The average Bonchev–Trinajstić information content (AvgIpc) is 2.87. The van der Waals surface area contributed by atoms with E-state index in [0.29, 0.717) is 5.69 Å². The molecule has 0 aromatic heterocycles. The van der Waals surface area contributed by atoms with E-state index in [1.807, 2.05) is 6.92 Å². The molecule has 1 atom stereocenters. The molecule has 1 heterocycles. The highest BCUT2D eigenvalue weighted by atomic mass is 32.2. The van der Waals surface area contributed by atoms with Gasteiger partial charge in [0.2, 0.25) is 5.91 Å². The Morgan fingerprint density at radius 2 is 2.24 bits per heavy atom. The van der Waals surface area contributed by atoms with Crippen molar-refractivity contribution in [2.24, 2.45) is 0 Å². The van der Waals surface area contributed by atoms with Gasteiger partial charge in [-0.15, -0.1) is 11.8 Å². The molecule has 1 saturated heterocycles. The van der Waals surface area contributed by atoms with Gasteiger partial charge in [-0.1, -0.05) is 0 Å². The average molecular weight is 309 g/mol. The van der Waals surface area contributed by atoms with E-state index < -0.39 is 16.5 Å². The Morgan fingerprint density at radius 3 is 2.86 bits per heavy atom. The van der Waals surface area contributed by atoms with Crippen LogP contribution in [0.4, 0.5) is 10.1 Å². The Bertz CT molecular complexity index is 595. The molecule has 2 N–H and O–H groups in total. The number of benzene rings is 1. The number of rotatable bonds is 4. The molecule has 21 heavy (non-hydrogen) atoms. The summed E-state index contributed by atoms with van der Waals surface area (Å²) in [6.07, 6.45) is 3.85. The molecular weight excluding hydrogens is 293 g/mol. The van der Waals surface area contributed by atoms with Crippen molar-refractivity contribution in [3.8, 4) is 0 Å². The number of hydrogen-bond acceptors (Lipinski definition) is 3. The van der Waals surface area contributed by atoms with E-state index >= 15 is 0 Å². The third-order valence-electron chi connectivity index (χ3n) is 3.36. The van der Waals surface area contributed by atoms with Gasteiger partial charge in [-0.25, -0.2) is 9.18 Å². The lowest BCUT2D eigenvalue weighted by Gasteiger charge is -2.21. The van der Waals surface area contributed by atoms with E-state index in [4.69, 9.17) is 5.11 Å². The van der Waals surface area contributed by atoms with Crippen molar-refractivity contribution in [1.29, 1.82) is 0 Å². The molecule has 1 aromatic rings. The highest BCUT2D eigenvalue weighted by Gasteiger charge is 2.37. The van der Waals surface area contributed by atoms with Gasteiger partial charge in [0.15, 0.2) is 0 Å². The molecule has 6 heteroatoms. The Balaban J connectivity index is 2.15. The number of carboxylic acid groups (broad SMARTS) is 1. The molecule has 1 aliphatic rings. The second kappa shape index (κ2) is 6.30. The predicted octanol–water partition coefficient (Wildman–Crippen LogP) is 3.15. The molecule has 1 aliphatic heterocycles. The van der Waals surface area contributed by atoms with Crippen LogP contribution in [0.3, 0.4) is 0 Å². The molecule has 0 spiro atoms. The molecule has 112 valence electrons. The van der Waals surface area contributed by atoms with Gasteiger partial charge < -0.3 is 10.4 Å². The van der Waals surface area contributed by atoms with Gasteiger partial charge in [-0.2, -0.15) is 0 Å². The fourth-order valence-electron chi connectivity index (χ4n) is 2.13. The first-order chi connectivity index (χ1) is 9.90. The fraction of sp³-hybridized carbons (Fsp3) is 0.333. The maximum Gasteiger partial charge on any atom is 0.328 e. The molecular formula is C15H16FNO3S. The first-order valence-electron chi connectivity index (χ1n) is 6.57. The van der Waals surface area contributed by atoms with Gasteiger partial charge in [-0.05, 0) is 49.8 Å². The van der Waals surface area contributed by atoms with Crippen LogP contribution in [0.25, 0.3) is 6.08 Å². The first kappa shape index (κ1) is 15.6. The number of hydrogen-bond donors (Lipinski definition) is 2. The van der Waals surface area contributed by atoms with E-state index in [0.717, 1.165) is 24.7 Å². The fourth-order valence-corrected chi connectivity index (χ4v) is 3.34. The molecule has 0 saturated carbocycles. The smallest absolute Gasteiger partial charge is 0.328 e. The summed E-state index contributed by atoms with van der Waals surface area (Å²) in [5.74, 6) is -0.838. The van der Waals surface area contributed by atoms with Crippen molar-refractivity contribution in [2.45, 2.75) is 24.5 Å². The molecule has 1 amide bonds. The summed E-state index contributed by atoms with van der Waals surface area (Å²) >= 11 is 1.62. The zero-order chi connectivity index (χ0) is 15.5. The minimum absolute atomic E-state index is 0.107. The molecule has 1 unspecified atom stereocenters. The standard InChI is InChI=1S/C15H16FNO3S/c1-15(7-2-8-21-15)14(20)17-11-4-5-12(16)10(9-11)3-6-13(18)19/h3-6,9H,2,7-8H2,1H3,(H,17,20)(H,18,19)/b6-3+. The van der Waals surface area contributed by atoms with Crippen LogP contribution >= 0.6 is 11.8 Å². The number of nitrogens with one attached hydrogen (secondary N) is 1. The minimum atomic E-state index is -1.15. The van der Waals surface area contributed by atoms with Crippen molar-refractivity contribution in [2.75, 3.05) is 11.1 Å². The number of carbonyl (C=O) groups excluding carboxylic acids is 1. The van der Waals surface area contributed by atoms with Crippen molar-refractivity contribution in [3.63, 3.8) is 0 Å². The molecule has 0 aliphatic carbocycles. The monoisotopic (exact) mass is 309 g/mol. The van der Waals surface area contributed by atoms with Crippen molar-refractivity contribution < 1.29 is 19.1 Å². The lowest BCUT2D eigenvalue weighted by molar-refractivity contribution is -0.131. The summed E-state index contributed by atoms with van der Waals surface area (Å²) in [5, 5.41) is 11.3. The number of aliphatic carboxylic acids is 1. The van der Waals surface area contributed by atoms with E-state index in [1.54, 1.807) is 11.8 Å². The zero-order valence-corrected chi connectivity index (χ0v) is 12.4. The number of carbonyl (C=O) groups is 2. The van der Waals surface area contributed by atoms with E-state index in [2.05, 4.69) is 5.32 Å². The normalized spacial score (nSPS) is 21.6.